The third-order valence-electron chi connectivity index (χ3n) is 11.7. The molecule has 0 nitrogen and oxygen atoms in total. The molecule has 52 heavy (non-hydrogen) atoms. The number of rotatable bonds is 1. The van der Waals surface area contributed by atoms with Crippen LogP contribution >= 0.6 is 0 Å². The summed E-state index contributed by atoms with van der Waals surface area (Å²) in [7, 11) is 0. The second-order valence-electron chi connectivity index (χ2n) is 19.6. The van der Waals surface area contributed by atoms with Gasteiger partial charge in [-0.3, -0.25) is 0 Å². The summed E-state index contributed by atoms with van der Waals surface area (Å²) in [5.74, 6) is 0. The largest absolute Gasteiger partial charge is 0.0578 e. The van der Waals surface area contributed by atoms with Gasteiger partial charge in [0.1, 0.15) is 0 Å². The molecular weight excluding hydrogens is 625 g/mol. The van der Waals surface area contributed by atoms with E-state index in [2.05, 4.69) is 192 Å². The molecule has 0 aliphatic carbocycles. The molecule has 0 radical (unpaired) electrons. The number of benzene rings is 8. The Morgan fingerprint density at radius 3 is 0.635 bits per heavy atom. The van der Waals surface area contributed by atoms with E-state index < -0.39 is 0 Å². The Hall–Kier alpha value is -4.68. The van der Waals surface area contributed by atoms with Crippen molar-refractivity contribution in [2.24, 2.45) is 0 Å². The quantitative estimate of drug-likeness (QED) is 0.152. The van der Waals surface area contributed by atoms with Gasteiger partial charge in [-0.2, -0.15) is 0 Å². The molecule has 0 atom stereocenters. The SMILES string of the molecule is CC(C)(C)c1ccc2c3ccc(-c4ccc5c6ccc(C(C)(C)C)cc6c6cc(C(C)(C)C)ccc6c5c4)cc3c3ccc(C(C)(C)C)cc3c2c1. The average molecular weight is 679 g/mol. The molecule has 0 saturated heterocycles. The summed E-state index contributed by atoms with van der Waals surface area (Å²) in [6, 6.07) is 43.0. The first-order valence-electron chi connectivity index (χ1n) is 19.2. The van der Waals surface area contributed by atoms with Gasteiger partial charge >= 0.3 is 0 Å². The number of fused-ring (bicyclic) bond motifs is 12. The minimum atomic E-state index is 0.0684. The van der Waals surface area contributed by atoms with Gasteiger partial charge < -0.3 is 0 Å². The molecule has 0 aliphatic heterocycles. The van der Waals surface area contributed by atoms with E-state index in [-0.39, 0.29) is 21.7 Å². The molecular formula is C52H54. The van der Waals surface area contributed by atoms with Crippen molar-refractivity contribution >= 4 is 64.6 Å². The van der Waals surface area contributed by atoms with Crippen molar-refractivity contribution < 1.29 is 0 Å². The van der Waals surface area contributed by atoms with E-state index in [1.165, 1.54) is 98.0 Å². The van der Waals surface area contributed by atoms with E-state index in [1.807, 2.05) is 0 Å². The Morgan fingerprint density at radius 1 is 0.212 bits per heavy atom. The summed E-state index contributed by atoms with van der Waals surface area (Å²) in [5, 5.41) is 16.0. The molecule has 0 N–H and O–H groups in total. The summed E-state index contributed by atoms with van der Waals surface area (Å²) < 4.78 is 0. The second kappa shape index (κ2) is 11.4. The van der Waals surface area contributed by atoms with E-state index in [4.69, 9.17) is 0 Å². The van der Waals surface area contributed by atoms with E-state index in [9.17, 15) is 0 Å². The predicted octanol–water partition coefficient (Wildman–Crippen LogP) is 15.5. The third-order valence-corrected chi connectivity index (χ3v) is 11.7. The van der Waals surface area contributed by atoms with Crippen molar-refractivity contribution in [1.29, 1.82) is 0 Å². The standard InChI is InChI=1S/C52H54/c1-49(2,3)33-15-21-39-37-19-13-31(25-43(37)41-23-17-35(51(7,8)9)29-47(41)45(39)27-33)32-14-20-38-40-22-16-34(50(4,5)6)28-46(40)48-30-36(52(10,11)12)18-24-42(48)44(38)26-32/h13-30H,1-12H3. The maximum Gasteiger partial charge on any atom is -0.00928 e. The topological polar surface area (TPSA) is 0 Å². The third kappa shape index (κ3) is 5.67. The van der Waals surface area contributed by atoms with Crippen LogP contribution in [0.3, 0.4) is 0 Å². The molecule has 0 saturated carbocycles. The van der Waals surface area contributed by atoms with Crippen molar-refractivity contribution in [3.8, 4) is 11.1 Å². The molecule has 8 aromatic carbocycles. The molecule has 0 fully saturated rings. The summed E-state index contributed by atoms with van der Waals surface area (Å²) >= 11 is 0. The molecule has 0 bridgehead atoms. The predicted molar refractivity (Wildman–Crippen MR) is 232 cm³/mol. The van der Waals surface area contributed by atoms with Gasteiger partial charge in [0.05, 0.1) is 0 Å². The summed E-state index contributed by atoms with van der Waals surface area (Å²) in [4.78, 5) is 0. The van der Waals surface area contributed by atoms with Crippen LogP contribution in [0.2, 0.25) is 0 Å². The molecule has 0 unspecified atom stereocenters. The lowest BCUT2D eigenvalue weighted by molar-refractivity contribution is 0.590. The monoisotopic (exact) mass is 678 g/mol. The van der Waals surface area contributed by atoms with Crippen molar-refractivity contribution in [3.05, 3.63) is 131 Å². The first-order chi connectivity index (χ1) is 24.3. The van der Waals surface area contributed by atoms with Crippen molar-refractivity contribution in [3.63, 3.8) is 0 Å². The van der Waals surface area contributed by atoms with Crippen LogP contribution in [0.4, 0.5) is 0 Å². The van der Waals surface area contributed by atoms with Gasteiger partial charge in [-0.1, -0.05) is 156 Å². The normalized spacial score (nSPS) is 13.4. The summed E-state index contributed by atoms with van der Waals surface area (Å²) in [5.41, 5.74) is 8.29. The molecule has 0 aromatic heterocycles. The maximum atomic E-state index is 2.46. The highest BCUT2D eigenvalue weighted by Crippen LogP contribution is 2.43. The lowest BCUT2D eigenvalue weighted by Gasteiger charge is -2.23. The Labute approximate surface area is 310 Å². The summed E-state index contributed by atoms with van der Waals surface area (Å²) in [6.07, 6.45) is 0. The van der Waals surface area contributed by atoms with Gasteiger partial charge in [0.25, 0.3) is 0 Å². The van der Waals surface area contributed by atoms with Crippen LogP contribution in [-0.2, 0) is 21.7 Å². The van der Waals surface area contributed by atoms with Crippen LogP contribution in [0.15, 0.2) is 109 Å². The Kier molecular flexibility index (Phi) is 7.55. The van der Waals surface area contributed by atoms with Crippen LogP contribution in [0.25, 0.3) is 75.8 Å². The van der Waals surface area contributed by atoms with Gasteiger partial charge in [-0.25, -0.2) is 0 Å². The zero-order valence-electron chi connectivity index (χ0n) is 33.4. The molecule has 0 heterocycles. The van der Waals surface area contributed by atoms with Crippen LogP contribution in [0, 0.1) is 0 Å². The first kappa shape index (κ1) is 34.4. The molecule has 8 rings (SSSR count). The molecule has 0 aliphatic rings. The first-order valence-corrected chi connectivity index (χ1v) is 19.2. The smallest absolute Gasteiger partial charge is 0.00928 e. The molecule has 0 spiro atoms. The minimum Gasteiger partial charge on any atom is -0.0578 e. The van der Waals surface area contributed by atoms with Crippen LogP contribution in [0.5, 0.6) is 0 Å². The van der Waals surface area contributed by atoms with Gasteiger partial charge in [0.15, 0.2) is 0 Å². The van der Waals surface area contributed by atoms with Gasteiger partial charge in [-0.05, 0) is 156 Å². The minimum absolute atomic E-state index is 0.0684. The maximum absolute atomic E-state index is 2.46. The Morgan fingerprint density at radius 2 is 0.404 bits per heavy atom. The number of hydrogen-bond donors (Lipinski definition) is 0. The lowest BCUT2D eigenvalue weighted by Crippen LogP contribution is -2.11. The Balaban J connectivity index is 1.40. The zero-order chi connectivity index (χ0) is 37.1. The van der Waals surface area contributed by atoms with Crippen molar-refractivity contribution in [2.75, 3.05) is 0 Å². The average Bonchev–Trinajstić information content (AvgIpc) is 3.09. The van der Waals surface area contributed by atoms with E-state index in [0.29, 0.717) is 0 Å². The van der Waals surface area contributed by atoms with Crippen LogP contribution < -0.4 is 0 Å². The highest BCUT2D eigenvalue weighted by Gasteiger charge is 2.21. The van der Waals surface area contributed by atoms with Crippen molar-refractivity contribution in [2.45, 2.75) is 105 Å². The van der Waals surface area contributed by atoms with Gasteiger partial charge in [-0.15, -0.1) is 0 Å². The van der Waals surface area contributed by atoms with E-state index in [1.54, 1.807) is 0 Å². The number of hydrogen-bond acceptors (Lipinski definition) is 0. The zero-order valence-corrected chi connectivity index (χ0v) is 33.4. The Bertz CT molecular complexity index is 2550. The van der Waals surface area contributed by atoms with Crippen LogP contribution in [-0.4, -0.2) is 0 Å². The fourth-order valence-electron chi connectivity index (χ4n) is 8.24. The molecule has 262 valence electrons. The van der Waals surface area contributed by atoms with Gasteiger partial charge in [0, 0.05) is 0 Å². The fourth-order valence-corrected chi connectivity index (χ4v) is 8.24. The molecule has 8 aromatic rings. The molecule has 0 heteroatoms. The van der Waals surface area contributed by atoms with Crippen molar-refractivity contribution in [1.82, 2.24) is 0 Å². The highest BCUT2D eigenvalue weighted by molar-refractivity contribution is 6.27. The second-order valence-corrected chi connectivity index (χ2v) is 19.6. The van der Waals surface area contributed by atoms with E-state index in [0.717, 1.165) is 0 Å². The highest BCUT2D eigenvalue weighted by atomic mass is 14.3. The summed E-state index contributed by atoms with van der Waals surface area (Å²) in [6.45, 7) is 27.8. The van der Waals surface area contributed by atoms with E-state index >= 15 is 0 Å². The van der Waals surface area contributed by atoms with Crippen LogP contribution in [0.1, 0.15) is 105 Å². The van der Waals surface area contributed by atoms with Gasteiger partial charge in [0.2, 0.25) is 0 Å². The fraction of sp³-hybridized carbons (Fsp3) is 0.308. The molecule has 0 amide bonds. The lowest BCUT2D eigenvalue weighted by atomic mass is 9.81.